The molecule has 4 heterocycles. The van der Waals surface area contributed by atoms with Gasteiger partial charge in [0, 0.05) is 53.9 Å². The number of halogens is 2. The summed E-state index contributed by atoms with van der Waals surface area (Å²) in [5.41, 5.74) is 7.58. The van der Waals surface area contributed by atoms with Gasteiger partial charge < -0.3 is 14.6 Å². The summed E-state index contributed by atoms with van der Waals surface area (Å²) in [6.07, 6.45) is 4.39. The third kappa shape index (κ3) is 4.52. The van der Waals surface area contributed by atoms with Gasteiger partial charge in [-0.05, 0) is 48.7 Å². The number of para-hydroxylation sites is 1. The number of pyridine rings is 1. The lowest BCUT2D eigenvalue weighted by atomic mass is 9.99. The largest absolute Gasteiger partial charge is 0.491 e. The van der Waals surface area contributed by atoms with Crippen LogP contribution in [0, 0.1) is 12.8 Å². The number of aromatic nitrogens is 4. The van der Waals surface area contributed by atoms with Crippen LogP contribution < -0.4 is 9.64 Å². The molecule has 1 aliphatic heterocycles. The second-order valence-corrected chi connectivity index (χ2v) is 11.1. The molecule has 0 saturated carbocycles. The van der Waals surface area contributed by atoms with Gasteiger partial charge in [-0.25, -0.2) is 9.67 Å². The van der Waals surface area contributed by atoms with Crippen LogP contribution in [-0.4, -0.2) is 32.9 Å². The number of nitrogens with one attached hydrogen (secondary N) is 1. The summed E-state index contributed by atoms with van der Waals surface area (Å²) in [4.78, 5) is 10.1. The van der Waals surface area contributed by atoms with Crippen molar-refractivity contribution in [3.8, 4) is 22.7 Å². The molecule has 0 spiro atoms. The van der Waals surface area contributed by atoms with Crippen LogP contribution in [0.4, 0.5) is 5.82 Å². The Hall–Kier alpha value is -3.48. The Morgan fingerprint density at radius 3 is 2.79 bits per heavy atom. The van der Waals surface area contributed by atoms with E-state index >= 15 is 0 Å². The average molecular weight is 547 g/mol. The number of hydrogen-bond acceptors (Lipinski definition) is 4. The molecule has 0 unspecified atom stereocenters. The molecule has 3 aromatic heterocycles. The van der Waals surface area contributed by atoms with Gasteiger partial charge >= 0.3 is 0 Å². The summed E-state index contributed by atoms with van der Waals surface area (Å²) in [5.74, 6) is 1.98. The molecule has 2 aromatic carbocycles. The third-order valence-electron chi connectivity index (χ3n) is 6.93. The van der Waals surface area contributed by atoms with E-state index in [1.807, 2.05) is 18.3 Å². The molecule has 8 heteroatoms. The maximum absolute atomic E-state index is 6.57. The van der Waals surface area contributed by atoms with Crippen LogP contribution in [0.5, 0.6) is 5.75 Å². The number of aryl methyl sites for hydroxylation is 1. The fraction of sp³-hybridized carbons (Fsp3) is 0.267. The zero-order valence-electron chi connectivity index (χ0n) is 21.6. The van der Waals surface area contributed by atoms with E-state index in [1.54, 1.807) is 12.3 Å². The average Bonchev–Trinajstić information content (AvgIpc) is 3.51. The molecular formula is C30H29Cl2N5O. The maximum atomic E-state index is 6.57. The van der Waals surface area contributed by atoms with E-state index in [4.69, 9.17) is 33.0 Å². The molecule has 1 N–H and O–H groups in total. The van der Waals surface area contributed by atoms with Crippen LogP contribution in [0.3, 0.4) is 0 Å². The first-order valence-corrected chi connectivity index (χ1v) is 13.6. The lowest BCUT2D eigenvalue weighted by Gasteiger charge is -2.28. The first-order chi connectivity index (χ1) is 18.4. The lowest BCUT2D eigenvalue weighted by molar-refractivity contribution is 0.270. The van der Waals surface area contributed by atoms with Crippen LogP contribution >= 0.6 is 23.2 Å². The first kappa shape index (κ1) is 24.8. The van der Waals surface area contributed by atoms with Gasteiger partial charge in [0.25, 0.3) is 0 Å². The number of anilines is 1. The van der Waals surface area contributed by atoms with E-state index in [0.29, 0.717) is 29.1 Å². The summed E-state index contributed by atoms with van der Waals surface area (Å²) >= 11 is 12.7. The van der Waals surface area contributed by atoms with E-state index in [9.17, 15) is 0 Å². The molecule has 0 saturated heterocycles. The Bertz CT molecular complexity index is 1640. The Morgan fingerprint density at radius 1 is 1.11 bits per heavy atom. The molecule has 6 rings (SSSR count). The highest BCUT2D eigenvalue weighted by Crippen LogP contribution is 2.39. The molecule has 38 heavy (non-hydrogen) atoms. The van der Waals surface area contributed by atoms with Gasteiger partial charge in [-0.3, -0.25) is 0 Å². The fourth-order valence-corrected chi connectivity index (χ4v) is 5.63. The number of ether oxygens (including phenoxy) is 1. The Labute approximate surface area is 232 Å². The van der Waals surface area contributed by atoms with Crippen molar-refractivity contribution < 1.29 is 4.74 Å². The van der Waals surface area contributed by atoms with Gasteiger partial charge in [0.05, 0.1) is 28.0 Å². The van der Waals surface area contributed by atoms with Crippen LogP contribution in [0.15, 0.2) is 60.9 Å². The highest BCUT2D eigenvalue weighted by molar-refractivity contribution is 6.36. The minimum atomic E-state index is 0.412. The van der Waals surface area contributed by atoms with E-state index in [1.165, 1.54) is 0 Å². The van der Waals surface area contributed by atoms with Crippen molar-refractivity contribution in [2.45, 2.75) is 33.7 Å². The molecule has 0 bridgehead atoms. The molecule has 6 nitrogen and oxygen atoms in total. The SMILES string of the molecule is Cc1cccc(OCC(C)C)c1-n1nc2c(c1-c1ccc3[nH]ccc3c1)CN(c1ncc(Cl)cc1Cl)CC2. The minimum absolute atomic E-state index is 0.412. The number of fused-ring (bicyclic) bond motifs is 2. The van der Waals surface area contributed by atoms with Crippen molar-refractivity contribution in [3.63, 3.8) is 0 Å². The predicted octanol–water partition coefficient (Wildman–Crippen LogP) is 7.63. The molecular weight excluding hydrogens is 517 g/mol. The highest BCUT2D eigenvalue weighted by Gasteiger charge is 2.29. The maximum Gasteiger partial charge on any atom is 0.147 e. The number of nitrogens with zero attached hydrogens (tertiary/aromatic N) is 4. The van der Waals surface area contributed by atoms with Crippen molar-refractivity contribution in [2.24, 2.45) is 5.92 Å². The fourth-order valence-electron chi connectivity index (χ4n) is 5.13. The molecule has 5 aromatic rings. The second-order valence-electron chi connectivity index (χ2n) is 10.2. The van der Waals surface area contributed by atoms with Gasteiger partial charge in [-0.1, -0.05) is 55.2 Å². The van der Waals surface area contributed by atoms with Crippen molar-refractivity contribution in [3.05, 3.63) is 87.8 Å². The summed E-state index contributed by atoms with van der Waals surface area (Å²) < 4.78 is 8.40. The second kappa shape index (κ2) is 10.0. The zero-order chi connectivity index (χ0) is 26.4. The van der Waals surface area contributed by atoms with Crippen LogP contribution in [0.25, 0.3) is 27.8 Å². The summed E-state index contributed by atoms with van der Waals surface area (Å²) in [7, 11) is 0. The predicted molar refractivity (Wildman–Crippen MR) is 155 cm³/mol. The van der Waals surface area contributed by atoms with Gasteiger partial charge in [-0.2, -0.15) is 5.10 Å². The normalized spacial score (nSPS) is 13.4. The first-order valence-electron chi connectivity index (χ1n) is 12.9. The molecule has 0 fully saturated rings. The highest BCUT2D eigenvalue weighted by atomic mass is 35.5. The van der Waals surface area contributed by atoms with Crippen molar-refractivity contribution in [2.75, 3.05) is 18.1 Å². The van der Waals surface area contributed by atoms with Crippen molar-refractivity contribution in [1.82, 2.24) is 19.7 Å². The zero-order valence-corrected chi connectivity index (χ0v) is 23.1. The number of aromatic amines is 1. The molecule has 0 aliphatic carbocycles. The summed E-state index contributed by atoms with van der Waals surface area (Å²) in [6, 6.07) is 16.5. The number of benzene rings is 2. The van der Waals surface area contributed by atoms with Gasteiger partial charge in [0.2, 0.25) is 0 Å². The van der Waals surface area contributed by atoms with Gasteiger partial charge in [0.15, 0.2) is 0 Å². The molecule has 0 radical (unpaired) electrons. The molecule has 194 valence electrons. The number of H-pyrrole nitrogens is 1. The summed E-state index contributed by atoms with van der Waals surface area (Å²) in [5, 5.41) is 7.43. The third-order valence-corrected chi connectivity index (χ3v) is 7.42. The lowest BCUT2D eigenvalue weighted by Crippen LogP contribution is -2.31. The Morgan fingerprint density at radius 2 is 1.97 bits per heavy atom. The summed E-state index contributed by atoms with van der Waals surface area (Å²) in [6.45, 7) is 8.46. The van der Waals surface area contributed by atoms with Gasteiger partial charge in [0.1, 0.15) is 17.3 Å². The van der Waals surface area contributed by atoms with Crippen molar-refractivity contribution in [1.29, 1.82) is 0 Å². The Kier molecular flexibility index (Phi) is 6.54. The van der Waals surface area contributed by atoms with Crippen LogP contribution in [-0.2, 0) is 13.0 Å². The minimum Gasteiger partial charge on any atom is -0.491 e. The number of hydrogen-bond donors (Lipinski definition) is 1. The molecule has 0 atom stereocenters. The number of rotatable bonds is 6. The standard InChI is InChI=1S/C30H29Cl2N5O/c1-18(2)17-38-27-6-4-5-19(3)28(27)37-29(21-7-8-25-20(13-21)9-11-33-25)23-16-36(12-10-26(23)35-37)30-24(32)14-22(31)15-34-30/h4-9,11,13-15,18,33H,10,12,16-17H2,1-3H3. The van der Waals surface area contributed by atoms with E-state index in [2.05, 4.69) is 70.7 Å². The molecule has 0 amide bonds. The smallest absolute Gasteiger partial charge is 0.147 e. The topological polar surface area (TPSA) is 59.0 Å². The van der Waals surface area contributed by atoms with E-state index in [-0.39, 0.29) is 0 Å². The molecule has 1 aliphatic rings. The van der Waals surface area contributed by atoms with E-state index < -0.39 is 0 Å². The van der Waals surface area contributed by atoms with E-state index in [0.717, 1.165) is 69.2 Å². The van der Waals surface area contributed by atoms with Crippen LogP contribution in [0.2, 0.25) is 10.0 Å². The monoisotopic (exact) mass is 545 g/mol. The van der Waals surface area contributed by atoms with Gasteiger partial charge in [-0.15, -0.1) is 0 Å². The Balaban J connectivity index is 1.53. The quantitative estimate of drug-likeness (QED) is 0.238. The van der Waals surface area contributed by atoms with Crippen LogP contribution in [0.1, 0.15) is 30.7 Å². The van der Waals surface area contributed by atoms with Crippen molar-refractivity contribution >= 4 is 39.9 Å².